The maximum atomic E-state index is 12.3. The van der Waals surface area contributed by atoms with E-state index in [0.29, 0.717) is 26.3 Å². The Hall–Kier alpha value is -5.02. The molecule has 0 atom stereocenters. The van der Waals surface area contributed by atoms with Crippen molar-refractivity contribution in [3.05, 3.63) is 48.0 Å². The lowest BCUT2D eigenvalue weighted by Gasteiger charge is -2.26. The van der Waals surface area contributed by atoms with Gasteiger partial charge in [0.15, 0.2) is 5.75 Å². The van der Waals surface area contributed by atoms with E-state index in [1.54, 1.807) is 4.90 Å². The van der Waals surface area contributed by atoms with Gasteiger partial charge in [0.1, 0.15) is 16.3 Å². The van der Waals surface area contributed by atoms with Crippen molar-refractivity contribution in [2.24, 2.45) is 10.2 Å². The van der Waals surface area contributed by atoms with E-state index in [1.165, 1.54) is 24.3 Å². The molecule has 0 radical (unpaired) electrons. The molecular weight excluding hydrogens is 626 g/mol. The highest BCUT2D eigenvalue weighted by molar-refractivity contribution is 7.86. The number of aromatic hydroxyl groups is 2. The molecule has 1 aromatic heterocycles. The number of aromatic nitrogens is 3. The first-order valence-electron chi connectivity index (χ1n) is 12.3. The fourth-order valence-electron chi connectivity index (χ4n) is 4.28. The number of benzene rings is 3. The fraction of sp³-hybridized carbons (Fsp3) is 0.167. The lowest BCUT2D eigenvalue weighted by Crippen LogP contribution is -2.37. The molecule has 5 rings (SSSR count). The summed E-state index contributed by atoms with van der Waals surface area (Å²) in [7, 11) is -10.1. The summed E-state index contributed by atoms with van der Waals surface area (Å²) in [5, 5.41) is 40.3. The number of fused-ring (bicyclic) bond motifs is 1. The van der Waals surface area contributed by atoms with Crippen molar-refractivity contribution in [2.45, 2.75) is 9.79 Å². The second-order valence-electron chi connectivity index (χ2n) is 9.10. The summed E-state index contributed by atoms with van der Waals surface area (Å²) >= 11 is 0. The minimum Gasteiger partial charge on any atom is -0.505 e. The molecule has 1 saturated heterocycles. The zero-order chi connectivity index (χ0) is 31.8. The molecule has 1 fully saturated rings. The SMILES string of the molecule is O=C(O)c1ccccc1/N=N/c1c(S(=O)(=O)O)cc2cc(S(=O)(=O)O)cc(Nc3nc(O)nc(N4CCOCC4)n3)c2c1O. The highest BCUT2D eigenvalue weighted by Gasteiger charge is 2.26. The molecule has 44 heavy (non-hydrogen) atoms. The number of phenols is 1. The molecule has 2 heterocycles. The van der Waals surface area contributed by atoms with E-state index < -0.39 is 53.4 Å². The average Bonchev–Trinajstić information content (AvgIpc) is 2.95. The van der Waals surface area contributed by atoms with E-state index in [0.717, 1.165) is 18.2 Å². The molecule has 0 bridgehead atoms. The minimum absolute atomic E-state index is 0.0306. The number of aromatic carboxylic acids is 1. The third-order valence-electron chi connectivity index (χ3n) is 6.24. The zero-order valence-electron chi connectivity index (χ0n) is 22.1. The Kier molecular flexibility index (Phi) is 8.01. The van der Waals surface area contributed by atoms with Crippen LogP contribution >= 0.6 is 0 Å². The van der Waals surface area contributed by atoms with Gasteiger partial charge < -0.3 is 30.3 Å². The predicted molar refractivity (Wildman–Crippen MR) is 151 cm³/mol. The minimum atomic E-state index is -5.17. The molecule has 0 amide bonds. The fourth-order valence-corrected chi connectivity index (χ4v) is 5.48. The summed E-state index contributed by atoms with van der Waals surface area (Å²) < 4.78 is 73.8. The van der Waals surface area contributed by atoms with Gasteiger partial charge in [-0.2, -0.15) is 31.8 Å². The molecule has 0 saturated carbocycles. The summed E-state index contributed by atoms with van der Waals surface area (Å²) in [6, 6.07) is 7.01. The van der Waals surface area contributed by atoms with Gasteiger partial charge in [0.2, 0.25) is 11.9 Å². The van der Waals surface area contributed by atoms with E-state index in [4.69, 9.17) is 4.74 Å². The lowest BCUT2D eigenvalue weighted by molar-refractivity contribution is 0.0697. The topological polar surface area (TPSA) is 274 Å². The summed E-state index contributed by atoms with van der Waals surface area (Å²) in [4.78, 5) is 23.3. The molecule has 6 N–H and O–H groups in total. The van der Waals surface area contributed by atoms with E-state index in [1.807, 2.05) is 0 Å². The van der Waals surface area contributed by atoms with Crippen LogP contribution < -0.4 is 10.2 Å². The third-order valence-corrected chi connectivity index (χ3v) is 7.94. The van der Waals surface area contributed by atoms with E-state index in [9.17, 15) is 46.1 Å². The number of nitrogens with zero attached hydrogens (tertiary/aromatic N) is 6. The summed E-state index contributed by atoms with van der Waals surface area (Å²) in [5.74, 6) is -2.64. The largest absolute Gasteiger partial charge is 0.505 e. The second kappa shape index (κ2) is 11.6. The van der Waals surface area contributed by atoms with Gasteiger partial charge in [-0.1, -0.05) is 12.1 Å². The first kappa shape index (κ1) is 30.4. The average molecular weight is 648 g/mol. The standard InChI is InChI=1S/C24H21N7O11S2/c32-20-18-12(10-17(44(39,40)41)19(20)30-29-15-4-2-1-3-14(15)21(33)34)9-13(43(36,37)38)11-16(18)25-22-26-23(28-24(35)27-22)31-5-7-42-8-6-31/h1-4,9-11,32H,5-8H2,(H,33,34)(H,36,37,38)(H,39,40,41)(H2,25,26,27,28,35)/b30-29+. The first-order chi connectivity index (χ1) is 20.7. The number of morpholine rings is 1. The third kappa shape index (κ3) is 6.33. The Morgan fingerprint density at radius 1 is 0.932 bits per heavy atom. The van der Waals surface area contributed by atoms with Crippen molar-refractivity contribution in [3.63, 3.8) is 0 Å². The zero-order valence-corrected chi connectivity index (χ0v) is 23.7. The summed E-state index contributed by atoms with van der Waals surface area (Å²) in [6.45, 7) is 1.47. The van der Waals surface area contributed by atoms with Gasteiger partial charge in [-0.25, -0.2) is 4.79 Å². The number of carbonyl (C=O) groups is 1. The van der Waals surface area contributed by atoms with Gasteiger partial charge in [-0.15, -0.1) is 10.2 Å². The van der Waals surface area contributed by atoms with Crippen LogP contribution in [-0.2, 0) is 25.0 Å². The van der Waals surface area contributed by atoms with Crippen LogP contribution in [0.3, 0.4) is 0 Å². The van der Waals surface area contributed by atoms with Crippen LogP contribution in [0.2, 0.25) is 0 Å². The number of hydrogen-bond donors (Lipinski definition) is 6. The molecule has 4 aromatic rings. The number of nitrogens with one attached hydrogen (secondary N) is 1. The van der Waals surface area contributed by atoms with Gasteiger partial charge in [0.25, 0.3) is 20.2 Å². The van der Waals surface area contributed by atoms with E-state index in [-0.39, 0.29) is 39.6 Å². The van der Waals surface area contributed by atoms with Crippen LogP contribution in [0.5, 0.6) is 11.8 Å². The Morgan fingerprint density at radius 3 is 2.30 bits per heavy atom. The Bertz CT molecular complexity index is 2050. The molecule has 0 spiro atoms. The number of phenolic OH excluding ortho intramolecular Hbond substituents is 1. The highest BCUT2D eigenvalue weighted by atomic mass is 32.2. The van der Waals surface area contributed by atoms with Crippen molar-refractivity contribution in [3.8, 4) is 11.8 Å². The van der Waals surface area contributed by atoms with Crippen molar-refractivity contribution in [1.82, 2.24) is 15.0 Å². The van der Waals surface area contributed by atoms with Gasteiger partial charge in [0.05, 0.1) is 29.4 Å². The molecule has 18 nitrogen and oxygen atoms in total. The molecule has 0 unspecified atom stereocenters. The smallest absolute Gasteiger partial charge is 0.337 e. The molecular formula is C24H21N7O11S2. The number of ether oxygens (including phenoxy) is 1. The van der Waals surface area contributed by atoms with Crippen LogP contribution in [0.25, 0.3) is 10.8 Å². The Balaban J connectivity index is 1.73. The molecule has 1 aliphatic rings. The number of azo groups is 1. The van der Waals surface area contributed by atoms with Crippen LogP contribution in [0.4, 0.5) is 29.0 Å². The first-order valence-corrected chi connectivity index (χ1v) is 15.2. The number of rotatable bonds is 8. The monoisotopic (exact) mass is 647 g/mol. The number of carboxylic acid groups (broad SMARTS) is 1. The second-order valence-corrected chi connectivity index (χ2v) is 11.9. The number of hydrogen-bond acceptors (Lipinski definition) is 15. The van der Waals surface area contributed by atoms with Crippen LogP contribution in [0, 0.1) is 0 Å². The van der Waals surface area contributed by atoms with Gasteiger partial charge in [-0.3, -0.25) is 9.11 Å². The normalized spacial score (nSPS) is 14.3. The predicted octanol–water partition coefficient (Wildman–Crippen LogP) is 2.62. The maximum absolute atomic E-state index is 12.3. The number of carboxylic acids is 1. The Labute approximate surface area is 247 Å². The Morgan fingerprint density at radius 2 is 1.64 bits per heavy atom. The summed E-state index contributed by atoms with van der Waals surface area (Å²) in [5.41, 5.74) is -1.70. The van der Waals surface area contributed by atoms with Crippen molar-refractivity contribution >= 4 is 65.9 Å². The summed E-state index contributed by atoms with van der Waals surface area (Å²) in [6.07, 6.45) is 0. The molecule has 3 aromatic carbocycles. The van der Waals surface area contributed by atoms with Crippen molar-refractivity contribution in [1.29, 1.82) is 0 Å². The van der Waals surface area contributed by atoms with Crippen LogP contribution in [0.1, 0.15) is 10.4 Å². The van der Waals surface area contributed by atoms with Gasteiger partial charge >= 0.3 is 12.0 Å². The van der Waals surface area contributed by atoms with Crippen molar-refractivity contribution in [2.75, 3.05) is 36.5 Å². The van der Waals surface area contributed by atoms with E-state index >= 15 is 0 Å². The molecule has 230 valence electrons. The van der Waals surface area contributed by atoms with Crippen LogP contribution in [0.15, 0.2) is 62.5 Å². The molecule has 0 aliphatic carbocycles. The number of anilines is 3. The van der Waals surface area contributed by atoms with Crippen molar-refractivity contribution < 1.29 is 50.8 Å². The van der Waals surface area contributed by atoms with Gasteiger partial charge in [0, 0.05) is 18.5 Å². The van der Waals surface area contributed by atoms with Crippen LogP contribution in [-0.4, -0.2) is 88.5 Å². The van der Waals surface area contributed by atoms with Gasteiger partial charge in [-0.05, 0) is 35.7 Å². The lowest BCUT2D eigenvalue weighted by atomic mass is 10.1. The maximum Gasteiger partial charge on any atom is 0.337 e. The quantitative estimate of drug-likeness (QED) is 0.118. The van der Waals surface area contributed by atoms with E-state index in [2.05, 4.69) is 30.5 Å². The highest BCUT2D eigenvalue weighted by Crippen LogP contribution is 2.45. The molecule has 20 heteroatoms. The molecule has 1 aliphatic heterocycles.